The molecular weight excluding hydrogens is 1380 g/mol. The number of nitrogens with two attached hydrogens (primary N) is 1. The van der Waals surface area contributed by atoms with Gasteiger partial charge in [0.1, 0.15) is 18.2 Å². The summed E-state index contributed by atoms with van der Waals surface area (Å²) in [4.78, 5) is 57.4. The van der Waals surface area contributed by atoms with E-state index >= 15 is 0 Å². The van der Waals surface area contributed by atoms with Crippen molar-refractivity contribution in [1.29, 1.82) is 0 Å². The lowest BCUT2D eigenvalue weighted by Gasteiger charge is -2.38. The van der Waals surface area contributed by atoms with Gasteiger partial charge in [-0.3, -0.25) is 19.7 Å². The van der Waals surface area contributed by atoms with Crippen molar-refractivity contribution in [2.75, 3.05) is 38.6 Å². The number of quaternary nitrogens is 1. The average Bonchev–Trinajstić information content (AvgIpc) is 3.25. The Morgan fingerprint density at radius 3 is 1.59 bits per heavy atom. The van der Waals surface area contributed by atoms with Gasteiger partial charge in [-0.15, -0.1) is 0 Å². The molecule has 0 saturated carbocycles. The summed E-state index contributed by atoms with van der Waals surface area (Å²) in [5.41, 5.74) is -4.23. The van der Waals surface area contributed by atoms with Crippen molar-refractivity contribution in [3.63, 3.8) is 0 Å². The summed E-state index contributed by atoms with van der Waals surface area (Å²) in [7, 11) is -3.07. The fourth-order valence-corrected chi connectivity index (χ4v) is 7.74. The van der Waals surface area contributed by atoms with E-state index in [-0.39, 0.29) is 41.1 Å². The van der Waals surface area contributed by atoms with Gasteiger partial charge in [0.25, 0.3) is 5.92 Å². The second kappa shape index (κ2) is 29.2. The fourth-order valence-electron chi connectivity index (χ4n) is 4.91. The molecule has 0 unspecified atom stereocenters. The topological polar surface area (TPSA) is 208 Å². The van der Waals surface area contributed by atoms with Crippen LogP contribution in [0.1, 0.15) is 123 Å². The first-order valence-corrected chi connectivity index (χ1v) is 27.4. The first kappa shape index (κ1) is 71.2. The van der Waals surface area contributed by atoms with E-state index in [2.05, 4.69) is 20.1 Å². The number of esters is 4. The number of carbonyl (C=O) groups is 5. The van der Waals surface area contributed by atoms with Crippen LogP contribution in [0.25, 0.3) is 0 Å². The standard InChI is InChI=1S/C14H3F4I3O4.C12H23NO2.C11H16F6O2.C9H19NO4S/c15-7-6(13(22)23)8(16)10(18)12(9(7)17)25-14(24)4-1-3(19)2-5(20)11(4)21;1-6-11(2,3)10(14)15-12(4,5)9-7-13-8-9;1-4-9(2,3)8(18)19-6-10(14,15)5-11(16,17)7(12)13;1-5-9(2,3)8(11)14-6-10-7-15(4,12)13/h1-2H,(H,22,23);9,13H,6-8H2,1-5H3;7H,4-6H2,1-3H3;10H,5-7H2,1-4H3. The maximum atomic E-state index is 13.8. The van der Waals surface area contributed by atoms with Crippen LogP contribution in [0, 0.1) is 56.1 Å². The summed E-state index contributed by atoms with van der Waals surface area (Å²) < 4.78 is 172. The van der Waals surface area contributed by atoms with Crippen molar-refractivity contribution >= 4 is 107 Å². The normalized spacial score (nSPS) is 13.4. The predicted octanol–water partition coefficient (Wildman–Crippen LogP) is 8.98. The number of benzene rings is 2. The summed E-state index contributed by atoms with van der Waals surface area (Å²) >= 11 is 5.60. The lowest BCUT2D eigenvalue weighted by Crippen LogP contribution is -2.98. The van der Waals surface area contributed by atoms with Crippen molar-refractivity contribution in [2.24, 2.45) is 22.2 Å². The van der Waals surface area contributed by atoms with Gasteiger partial charge in [0.2, 0.25) is 17.4 Å². The minimum atomic E-state index is -4.82. The maximum absolute atomic E-state index is 13.8. The maximum Gasteiger partial charge on any atom is 0.344 e. The van der Waals surface area contributed by atoms with Crippen LogP contribution >= 0.6 is 67.8 Å². The molecule has 3 N–H and O–H groups in total. The van der Waals surface area contributed by atoms with E-state index in [9.17, 15) is 81.4 Å². The highest BCUT2D eigenvalue weighted by molar-refractivity contribution is 14.1. The predicted molar refractivity (Wildman–Crippen MR) is 273 cm³/mol. The highest BCUT2D eigenvalue weighted by atomic mass is 127. The quantitative estimate of drug-likeness (QED) is 0.0186. The molecule has 2 aromatic rings. The number of carboxylic acid groups (broad SMARTS) is 1. The second-order valence-corrected chi connectivity index (χ2v) is 24.7. The number of halogens is 13. The molecule has 28 heteroatoms. The molecule has 2 aromatic carbocycles. The fraction of sp³-hybridized carbons (Fsp3) is 0.630. The third kappa shape index (κ3) is 22.6. The Kier molecular flexibility index (Phi) is 28.1. The highest BCUT2D eigenvalue weighted by Gasteiger charge is 2.51. The lowest BCUT2D eigenvalue weighted by atomic mass is 9.84. The van der Waals surface area contributed by atoms with E-state index in [4.69, 9.17) is 9.47 Å². The molecule has 14 nitrogen and oxygen atoms in total. The van der Waals surface area contributed by atoms with Gasteiger partial charge in [0.15, 0.2) is 28.1 Å². The van der Waals surface area contributed by atoms with Gasteiger partial charge in [-0.1, -0.05) is 20.8 Å². The van der Waals surface area contributed by atoms with Gasteiger partial charge in [-0.05, 0) is 155 Å². The van der Waals surface area contributed by atoms with Crippen LogP contribution in [-0.2, 0) is 38.4 Å². The number of nitrogens with one attached hydrogen (secondary N) is 1. The van der Waals surface area contributed by atoms with Crippen LogP contribution in [0.4, 0.5) is 43.9 Å². The van der Waals surface area contributed by atoms with Gasteiger partial charge in [0, 0.05) is 17.0 Å². The number of rotatable bonds is 20. The van der Waals surface area contributed by atoms with Crippen molar-refractivity contribution in [3.8, 4) is 5.75 Å². The van der Waals surface area contributed by atoms with Crippen LogP contribution in [0.15, 0.2) is 12.1 Å². The zero-order valence-corrected chi connectivity index (χ0v) is 49.8. The summed E-state index contributed by atoms with van der Waals surface area (Å²) in [6, 6.07) is 3.07. The molecule has 3 rings (SSSR count). The number of ether oxygens (including phenoxy) is 4. The van der Waals surface area contributed by atoms with Crippen molar-refractivity contribution in [3.05, 3.63) is 57.2 Å². The minimum absolute atomic E-state index is 0.0677. The number of carbonyl (C=O) groups excluding carboxylic acids is 5. The monoisotopic (exact) mass is 1440 g/mol. The molecule has 424 valence electrons. The van der Waals surface area contributed by atoms with E-state index in [1.54, 1.807) is 49.4 Å². The molecule has 1 saturated heterocycles. The number of alkyl halides is 6. The molecule has 1 fully saturated rings. The molecular formula is C46H61F10I3N2O12S. The molecule has 74 heavy (non-hydrogen) atoms. The first-order chi connectivity index (χ1) is 33.4. The first-order valence-electron chi connectivity index (χ1n) is 22.1. The molecule has 0 atom stereocenters. The third-order valence-electron chi connectivity index (χ3n) is 11.3. The summed E-state index contributed by atoms with van der Waals surface area (Å²) in [6.45, 7) is 20.3. The Bertz CT molecular complexity index is 2380. The highest BCUT2D eigenvalue weighted by Crippen LogP contribution is 2.36. The van der Waals surface area contributed by atoms with Gasteiger partial charge in [-0.2, -0.15) is 8.78 Å². The number of carboxylic acids is 1. The third-order valence-corrected chi connectivity index (χ3v) is 15.7. The zero-order valence-electron chi connectivity index (χ0n) is 42.5. The Labute approximate surface area is 464 Å². The Morgan fingerprint density at radius 1 is 0.757 bits per heavy atom. The zero-order chi connectivity index (χ0) is 58.3. The van der Waals surface area contributed by atoms with E-state index < -0.39 is 104 Å². The molecule has 0 radical (unpaired) electrons. The number of sulfone groups is 1. The van der Waals surface area contributed by atoms with Gasteiger partial charge in [-0.25, -0.2) is 48.3 Å². The molecule has 0 aliphatic carbocycles. The van der Waals surface area contributed by atoms with Gasteiger partial charge < -0.3 is 34.2 Å². The smallest absolute Gasteiger partial charge is 0.344 e. The van der Waals surface area contributed by atoms with Crippen LogP contribution < -0.4 is 20.5 Å². The summed E-state index contributed by atoms with van der Waals surface area (Å²) in [5, 5.41) is 15.3. The molecule has 1 aliphatic rings. The van der Waals surface area contributed by atoms with Gasteiger partial charge in [0.05, 0.1) is 58.8 Å². The lowest BCUT2D eigenvalue weighted by molar-refractivity contribution is -0.728. The van der Waals surface area contributed by atoms with Crippen LogP contribution in [-0.4, -0.2) is 101 Å². The Hall–Kier alpha value is -2.85. The Balaban J connectivity index is 0.000000985. The summed E-state index contributed by atoms with van der Waals surface area (Å²) in [5.74, 6) is -24.2. The SMILES string of the molecule is CCC(C)(C)C(=O)OC(C)(C)C1C[NH2+]C1.CCC(C)(C)C(=O)OCC(F)(F)CC(F)(F)C(F)F.CCC(C)(C)C(=O)OCNCS(C)(=O)=O.O=C(Oc1c(F)c(F)c(C(=O)[O-])c(F)c1F)c1cc(I)cc(I)c1I. The Morgan fingerprint density at radius 2 is 1.20 bits per heavy atom. The minimum Gasteiger partial charge on any atom is -0.545 e. The van der Waals surface area contributed by atoms with Crippen LogP contribution in [0.3, 0.4) is 0 Å². The van der Waals surface area contributed by atoms with Crippen molar-refractivity contribution in [1.82, 2.24) is 5.32 Å². The largest absolute Gasteiger partial charge is 0.545 e. The van der Waals surface area contributed by atoms with Crippen LogP contribution in [0.5, 0.6) is 5.75 Å². The molecule has 1 heterocycles. The van der Waals surface area contributed by atoms with E-state index in [1.807, 2.05) is 86.7 Å². The number of hydrogen-bond donors (Lipinski definition) is 2. The van der Waals surface area contributed by atoms with Crippen LogP contribution in [0.2, 0.25) is 0 Å². The van der Waals surface area contributed by atoms with Gasteiger partial charge >= 0.3 is 36.2 Å². The van der Waals surface area contributed by atoms with E-state index in [1.165, 1.54) is 19.9 Å². The molecule has 0 aromatic heterocycles. The van der Waals surface area contributed by atoms with E-state index in [0.717, 1.165) is 25.8 Å². The number of aromatic carboxylic acids is 1. The average molecular weight is 1440 g/mol. The molecule has 0 bridgehead atoms. The van der Waals surface area contributed by atoms with E-state index in [0.29, 0.717) is 29.5 Å². The second-order valence-electron chi connectivity index (χ2n) is 19.1. The van der Waals surface area contributed by atoms with Crippen molar-refractivity contribution < 1.29 is 106 Å². The molecule has 0 amide bonds. The van der Waals surface area contributed by atoms with Crippen molar-refractivity contribution in [2.45, 2.75) is 126 Å². The summed E-state index contributed by atoms with van der Waals surface area (Å²) in [6.07, 6.45) is -3.66. The molecule has 0 spiro atoms. The number of hydrogen-bond acceptors (Lipinski definition) is 13. The molecule has 1 aliphatic heterocycles.